The molecule has 28 heavy (non-hydrogen) atoms. The molecule has 0 aromatic heterocycles. The van der Waals surface area contributed by atoms with E-state index in [1.807, 2.05) is 47.4 Å². The van der Waals surface area contributed by atoms with Gasteiger partial charge in [-0.05, 0) is 48.6 Å². The Labute approximate surface area is 164 Å². The predicted molar refractivity (Wildman–Crippen MR) is 107 cm³/mol. The molecule has 6 heteroatoms. The SMILES string of the molecule is O=C(c1ccc(N2CCNC2=O)cc1)N1CCC(C(O)c2ccccc2)CC1. The van der Waals surface area contributed by atoms with Crippen LogP contribution in [0.2, 0.25) is 0 Å². The number of benzene rings is 2. The highest BCUT2D eigenvalue weighted by Gasteiger charge is 2.29. The molecule has 3 amide bonds. The van der Waals surface area contributed by atoms with Crippen LogP contribution < -0.4 is 10.2 Å². The van der Waals surface area contributed by atoms with E-state index in [-0.39, 0.29) is 17.9 Å². The fourth-order valence-corrected chi connectivity index (χ4v) is 4.03. The van der Waals surface area contributed by atoms with Gasteiger partial charge in [-0.2, -0.15) is 0 Å². The van der Waals surface area contributed by atoms with E-state index in [0.29, 0.717) is 31.7 Å². The van der Waals surface area contributed by atoms with Crippen molar-refractivity contribution in [3.8, 4) is 0 Å². The third-order valence-corrected chi connectivity index (χ3v) is 5.70. The summed E-state index contributed by atoms with van der Waals surface area (Å²) in [5, 5.41) is 13.4. The van der Waals surface area contributed by atoms with E-state index in [4.69, 9.17) is 0 Å². The number of urea groups is 1. The molecule has 0 saturated carbocycles. The molecule has 1 unspecified atom stereocenters. The third kappa shape index (κ3) is 3.73. The van der Waals surface area contributed by atoms with Gasteiger partial charge in [0.05, 0.1) is 6.10 Å². The molecule has 6 nitrogen and oxygen atoms in total. The van der Waals surface area contributed by atoms with Crippen LogP contribution in [-0.2, 0) is 0 Å². The minimum Gasteiger partial charge on any atom is -0.388 e. The van der Waals surface area contributed by atoms with Gasteiger partial charge >= 0.3 is 6.03 Å². The van der Waals surface area contributed by atoms with Crippen LogP contribution in [0.1, 0.15) is 34.9 Å². The maximum absolute atomic E-state index is 12.8. The van der Waals surface area contributed by atoms with Crippen molar-refractivity contribution in [1.82, 2.24) is 10.2 Å². The van der Waals surface area contributed by atoms with Crippen molar-refractivity contribution in [2.45, 2.75) is 18.9 Å². The van der Waals surface area contributed by atoms with Crippen molar-refractivity contribution in [2.75, 3.05) is 31.1 Å². The number of likely N-dealkylation sites (tertiary alicyclic amines) is 1. The summed E-state index contributed by atoms with van der Waals surface area (Å²) in [7, 11) is 0. The number of nitrogens with zero attached hydrogens (tertiary/aromatic N) is 2. The molecular formula is C22H25N3O3. The van der Waals surface area contributed by atoms with E-state index in [9.17, 15) is 14.7 Å². The van der Waals surface area contributed by atoms with Crippen LogP contribution in [0.3, 0.4) is 0 Å². The second kappa shape index (κ2) is 8.02. The summed E-state index contributed by atoms with van der Waals surface area (Å²) in [5.41, 5.74) is 2.37. The summed E-state index contributed by atoms with van der Waals surface area (Å²) in [6, 6.07) is 16.8. The van der Waals surface area contributed by atoms with Crippen molar-refractivity contribution < 1.29 is 14.7 Å². The van der Waals surface area contributed by atoms with Gasteiger partial charge in [-0.25, -0.2) is 4.79 Å². The Bertz CT molecular complexity index is 830. The number of piperidine rings is 1. The van der Waals surface area contributed by atoms with Crippen LogP contribution in [-0.4, -0.2) is 48.1 Å². The topological polar surface area (TPSA) is 72.9 Å². The van der Waals surface area contributed by atoms with Gasteiger partial charge in [0, 0.05) is 37.4 Å². The van der Waals surface area contributed by atoms with Gasteiger partial charge in [0.2, 0.25) is 0 Å². The second-order valence-electron chi connectivity index (χ2n) is 7.42. The lowest BCUT2D eigenvalue weighted by atomic mass is 9.87. The standard InChI is InChI=1S/C22H25N3O3/c26-20(16-4-2-1-3-5-16)17-10-13-24(14-11-17)21(27)18-6-8-19(9-7-18)25-15-12-23-22(25)28/h1-9,17,20,26H,10-15H2,(H,23,28). The van der Waals surface area contributed by atoms with Gasteiger partial charge in [-0.3, -0.25) is 9.69 Å². The normalized spacial score (nSPS) is 18.8. The van der Waals surface area contributed by atoms with E-state index in [1.54, 1.807) is 17.0 Å². The van der Waals surface area contributed by atoms with Crippen molar-refractivity contribution in [1.29, 1.82) is 0 Å². The quantitative estimate of drug-likeness (QED) is 0.858. The highest BCUT2D eigenvalue weighted by atomic mass is 16.3. The average Bonchev–Trinajstić information content (AvgIpc) is 3.19. The van der Waals surface area contributed by atoms with Gasteiger partial charge in [0.15, 0.2) is 0 Å². The Kier molecular flexibility index (Phi) is 5.30. The van der Waals surface area contributed by atoms with Crippen molar-refractivity contribution in [2.24, 2.45) is 5.92 Å². The van der Waals surface area contributed by atoms with Crippen molar-refractivity contribution >= 4 is 17.6 Å². The summed E-state index contributed by atoms with van der Waals surface area (Å²) in [5.74, 6) is 0.174. The highest BCUT2D eigenvalue weighted by molar-refractivity contribution is 5.97. The van der Waals surface area contributed by atoms with E-state index >= 15 is 0 Å². The highest BCUT2D eigenvalue weighted by Crippen LogP contribution is 2.31. The van der Waals surface area contributed by atoms with Gasteiger partial charge in [-0.1, -0.05) is 30.3 Å². The molecule has 0 aliphatic carbocycles. The lowest BCUT2D eigenvalue weighted by Gasteiger charge is -2.34. The molecule has 2 fully saturated rings. The number of amides is 3. The van der Waals surface area contributed by atoms with Crippen LogP contribution in [0.25, 0.3) is 0 Å². The molecule has 2 aliphatic heterocycles. The van der Waals surface area contributed by atoms with Crippen molar-refractivity contribution in [3.63, 3.8) is 0 Å². The smallest absolute Gasteiger partial charge is 0.321 e. The number of nitrogens with one attached hydrogen (secondary N) is 1. The molecule has 2 aliphatic rings. The molecule has 2 heterocycles. The number of aliphatic hydroxyl groups excluding tert-OH is 1. The Balaban J connectivity index is 1.35. The first-order valence-electron chi connectivity index (χ1n) is 9.81. The molecular weight excluding hydrogens is 354 g/mol. The molecule has 2 saturated heterocycles. The van der Waals surface area contributed by atoms with E-state index in [0.717, 1.165) is 24.1 Å². The predicted octanol–water partition coefficient (Wildman–Crippen LogP) is 2.80. The number of hydrogen-bond donors (Lipinski definition) is 2. The first kappa shape index (κ1) is 18.5. The maximum Gasteiger partial charge on any atom is 0.321 e. The van der Waals surface area contributed by atoms with Gasteiger partial charge in [0.1, 0.15) is 0 Å². The summed E-state index contributed by atoms with van der Waals surface area (Å²) in [6.45, 7) is 2.57. The van der Waals surface area contributed by atoms with Crippen molar-refractivity contribution in [3.05, 3.63) is 65.7 Å². The Morgan fingerprint density at radius 2 is 1.68 bits per heavy atom. The number of anilines is 1. The molecule has 0 radical (unpaired) electrons. The molecule has 0 bridgehead atoms. The van der Waals surface area contributed by atoms with Gasteiger partial charge in [0.25, 0.3) is 5.91 Å². The average molecular weight is 379 g/mol. The fraction of sp³-hybridized carbons (Fsp3) is 0.364. The minimum atomic E-state index is -0.482. The molecule has 146 valence electrons. The fourth-order valence-electron chi connectivity index (χ4n) is 4.03. The molecule has 0 spiro atoms. The number of rotatable bonds is 4. The summed E-state index contributed by atoms with van der Waals surface area (Å²) >= 11 is 0. The second-order valence-corrected chi connectivity index (χ2v) is 7.42. The Hall–Kier alpha value is -2.86. The maximum atomic E-state index is 12.8. The van der Waals surface area contributed by atoms with Crippen LogP contribution >= 0.6 is 0 Å². The van der Waals surface area contributed by atoms with Crippen LogP contribution in [0.15, 0.2) is 54.6 Å². The van der Waals surface area contributed by atoms with Gasteiger partial charge in [-0.15, -0.1) is 0 Å². The molecule has 4 rings (SSSR count). The zero-order valence-electron chi connectivity index (χ0n) is 15.8. The Morgan fingerprint density at radius 1 is 1.00 bits per heavy atom. The zero-order chi connectivity index (χ0) is 19.5. The van der Waals surface area contributed by atoms with Crippen LogP contribution in [0.4, 0.5) is 10.5 Å². The first-order chi connectivity index (χ1) is 13.6. The molecule has 2 N–H and O–H groups in total. The molecule has 2 aromatic carbocycles. The van der Waals surface area contributed by atoms with E-state index in [2.05, 4.69) is 5.32 Å². The lowest BCUT2D eigenvalue weighted by molar-refractivity contribution is 0.0462. The first-order valence-corrected chi connectivity index (χ1v) is 9.81. The zero-order valence-corrected chi connectivity index (χ0v) is 15.8. The molecule has 1 atom stereocenters. The third-order valence-electron chi connectivity index (χ3n) is 5.70. The van der Waals surface area contributed by atoms with Crippen LogP contribution in [0, 0.1) is 5.92 Å². The van der Waals surface area contributed by atoms with E-state index < -0.39 is 6.10 Å². The van der Waals surface area contributed by atoms with Gasteiger partial charge < -0.3 is 15.3 Å². The number of hydrogen-bond acceptors (Lipinski definition) is 3. The lowest BCUT2D eigenvalue weighted by Crippen LogP contribution is -2.39. The number of carbonyl (C=O) groups excluding carboxylic acids is 2. The van der Waals surface area contributed by atoms with E-state index in [1.165, 1.54) is 0 Å². The Morgan fingerprint density at radius 3 is 2.29 bits per heavy atom. The van der Waals surface area contributed by atoms with Crippen LogP contribution in [0.5, 0.6) is 0 Å². The number of carbonyl (C=O) groups is 2. The number of aliphatic hydroxyl groups is 1. The summed E-state index contributed by atoms with van der Waals surface area (Å²) in [6.07, 6.45) is 1.09. The largest absolute Gasteiger partial charge is 0.388 e. The monoisotopic (exact) mass is 379 g/mol. The summed E-state index contributed by atoms with van der Waals surface area (Å²) in [4.78, 5) is 28.1. The summed E-state index contributed by atoms with van der Waals surface area (Å²) < 4.78 is 0. The minimum absolute atomic E-state index is 0.00470. The molecule has 2 aromatic rings.